The van der Waals surface area contributed by atoms with E-state index in [0.717, 1.165) is 43.9 Å². The molecule has 1 saturated carbocycles. The highest BCUT2D eigenvalue weighted by atomic mass is 19.4. The fraction of sp³-hybridized carbons (Fsp3) is 0.667. The molecule has 0 amide bonds. The van der Waals surface area contributed by atoms with E-state index in [-0.39, 0.29) is 11.7 Å². The molecule has 0 aliphatic heterocycles. The van der Waals surface area contributed by atoms with E-state index in [9.17, 15) is 13.2 Å². The molecule has 6 heteroatoms. The Labute approximate surface area is 123 Å². The summed E-state index contributed by atoms with van der Waals surface area (Å²) in [5.74, 6) is 0.758. The van der Waals surface area contributed by atoms with Gasteiger partial charge in [-0.1, -0.05) is 19.8 Å². The van der Waals surface area contributed by atoms with Crippen LogP contribution in [-0.4, -0.2) is 11.0 Å². The number of hydrogen-bond donors (Lipinski definition) is 2. The molecule has 1 heterocycles. The van der Waals surface area contributed by atoms with Crippen molar-refractivity contribution in [1.82, 2.24) is 4.98 Å². The summed E-state index contributed by atoms with van der Waals surface area (Å²) in [7, 11) is 0. The standard InChI is InChI=1S/C15H22F3N3/c1-2-3-10-4-6-11(7-5-10)21-13-8-14(15(16,17)18)20-9-12(13)19/h8-11H,2-7,19H2,1H3,(H,20,21). The number of pyridine rings is 1. The van der Waals surface area contributed by atoms with Gasteiger partial charge in [-0.15, -0.1) is 0 Å². The second-order valence-corrected chi connectivity index (χ2v) is 5.81. The van der Waals surface area contributed by atoms with Crippen LogP contribution in [0.15, 0.2) is 12.3 Å². The summed E-state index contributed by atoms with van der Waals surface area (Å²) in [6, 6.07) is 1.21. The summed E-state index contributed by atoms with van der Waals surface area (Å²) in [4.78, 5) is 3.35. The Hall–Kier alpha value is -1.46. The number of halogens is 3. The predicted octanol–water partition coefficient (Wildman–Crippen LogP) is 4.45. The molecule has 1 aliphatic rings. The minimum Gasteiger partial charge on any atom is -0.396 e. The molecule has 3 N–H and O–H groups in total. The number of alkyl halides is 3. The van der Waals surface area contributed by atoms with E-state index in [1.807, 2.05) is 0 Å². The molecule has 118 valence electrons. The van der Waals surface area contributed by atoms with E-state index in [4.69, 9.17) is 5.73 Å². The Morgan fingerprint density at radius 1 is 1.29 bits per heavy atom. The molecule has 0 spiro atoms. The average molecular weight is 301 g/mol. The summed E-state index contributed by atoms with van der Waals surface area (Å²) in [5.41, 5.74) is 5.44. The van der Waals surface area contributed by atoms with Crippen LogP contribution >= 0.6 is 0 Å². The summed E-state index contributed by atoms with van der Waals surface area (Å²) in [6.07, 6.45) is 3.28. The van der Waals surface area contributed by atoms with Crippen molar-refractivity contribution >= 4 is 11.4 Å². The van der Waals surface area contributed by atoms with Crippen LogP contribution in [0.5, 0.6) is 0 Å². The highest BCUT2D eigenvalue weighted by Gasteiger charge is 2.33. The quantitative estimate of drug-likeness (QED) is 0.863. The van der Waals surface area contributed by atoms with Crippen molar-refractivity contribution in [2.45, 2.75) is 57.7 Å². The van der Waals surface area contributed by atoms with Crippen molar-refractivity contribution in [3.8, 4) is 0 Å². The first-order valence-corrected chi connectivity index (χ1v) is 7.49. The molecule has 0 aromatic carbocycles. The van der Waals surface area contributed by atoms with Crippen LogP contribution in [0.4, 0.5) is 24.5 Å². The van der Waals surface area contributed by atoms with Crippen molar-refractivity contribution in [2.75, 3.05) is 11.1 Å². The third kappa shape index (κ3) is 4.25. The SMILES string of the molecule is CCCC1CCC(Nc2cc(C(F)(F)F)ncc2N)CC1. The maximum absolute atomic E-state index is 12.7. The van der Waals surface area contributed by atoms with Crippen molar-refractivity contribution in [2.24, 2.45) is 5.92 Å². The van der Waals surface area contributed by atoms with Crippen LogP contribution in [0.25, 0.3) is 0 Å². The predicted molar refractivity (Wildman–Crippen MR) is 77.9 cm³/mol. The Morgan fingerprint density at radius 2 is 1.95 bits per heavy atom. The number of hydrogen-bond acceptors (Lipinski definition) is 3. The van der Waals surface area contributed by atoms with Crippen LogP contribution < -0.4 is 11.1 Å². The van der Waals surface area contributed by atoms with E-state index in [2.05, 4.69) is 17.2 Å². The number of nitrogens with one attached hydrogen (secondary N) is 1. The first kappa shape index (κ1) is 15.9. The van der Waals surface area contributed by atoms with E-state index in [0.29, 0.717) is 5.69 Å². The lowest BCUT2D eigenvalue weighted by molar-refractivity contribution is -0.141. The zero-order chi connectivity index (χ0) is 15.5. The topological polar surface area (TPSA) is 50.9 Å². The average Bonchev–Trinajstić information content (AvgIpc) is 2.42. The molecule has 3 nitrogen and oxygen atoms in total. The normalized spacial score (nSPS) is 23.0. The second kappa shape index (κ2) is 6.54. The van der Waals surface area contributed by atoms with Gasteiger partial charge in [-0.3, -0.25) is 0 Å². The molecular formula is C15H22F3N3. The summed E-state index contributed by atoms with van der Waals surface area (Å²) in [6.45, 7) is 2.18. The molecule has 0 bridgehead atoms. The molecule has 1 aliphatic carbocycles. The molecule has 0 radical (unpaired) electrons. The minimum atomic E-state index is -4.44. The first-order chi connectivity index (χ1) is 9.90. The summed E-state index contributed by atoms with van der Waals surface area (Å²) < 4.78 is 38.0. The van der Waals surface area contributed by atoms with Gasteiger partial charge in [0.05, 0.1) is 17.6 Å². The van der Waals surface area contributed by atoms with Gasteiger partial charge < -0.3 is 11.1 Å². The van der Waals surface area contributed by atoms with Gasteiger partial charge in [-0.2, -0.15) is 13.2 Å². The van der Waals surface area contributed by atoms with Crippen molar-refractivity contribution in [3.63, 3.8) is 0 Å². The zero-order valence-corrected chi connectivity index (χ0v) is 12.2. The molecule has 1 aromatic rings. The monoisotopic (exact) mass is 301 g/mol. The Morgan fingerprint density at radius 3 is 2.52 bits per heavy atom. The number of rotatable bonds is 4. The largest absolute Gasteiger partial charge is 0.433 e. The molecule has 21 heavy (non-hydrogen) atoms. The van der Waals surface area contributed by atoms with Crippen LogP contribution in [0.2, 0.25) is 0 Å². The molecule has 1 fully saturated rings. The van der Waals surface area contributed by atoms with E-state index in [1.54, 1.807) is 0 Å². The molecule has 0 unspecified atom stereocenters. The minimum absolute atomic E-state index is 0.198. The number of nitrogens with two attached hydrogens (primary N) is 1. The lowest BCUT2D eigenvalue weighted by Gasteiger charge is -2.30. The highest BCUT2D eigenvalue weighted by Crippen LogP contribution is 2.33. The fourth-order valence-electron chi connectivity index (χ4n) is 2.97. The van der Waals surface area contributed by atoms with Crippen molar-refractivity contribution in [1.29, 1.82) is 0 Å². The fourth-order valence-corrected chi connectivity index (χ4v) is 2.97. The van der Waals surface area contributed by atoms with Crippen molar-refractivity contribution < 1.29 is 13.2 Å². The van der Waals surface area contributed by atoms with Gasteiger partial charge in [0, 0.05) is 6.04 Å². The van der Waals surface area contributed by atoms with Crippen LogP contribution in [0.1, 0.15) is 51.1 Å². The van der Waals surface area contributed by atoms with Crippen LogP contribution in [0.3, 0.4) is 0 Å². The van der Waals surface area contributed by atoms with E-state index in [1.165, 1.54) is 12.8 Å². The van der Waals surface area contributed by atoms with Gasteiger partial charge in [0.15, 0.2) is 0 Å². The Bertz CT molecular complexity index is 466. The second-order valence-electron chi connectivity index (χ2n) is 5.81. The lowest BCUT2D eigenvalue weighted by atomic mass is 9.83. The molecule has 0 saturated heterocycles. The van der Waals surface area contributed by atoms with Gasteiger partial charge in [-0.25, -0.2) is 4.98 Å². The zero-order valence-electron chi connectivity index (χ0n) is 12.2. The maximum atomic E-state index is 12.7. The highest BCUT2D eigenvalue weighted by molar-refractivity contribution is 5.65. The lowest BCUT2D eigenvalue weighted by Crippen LogP contribution is -2.26. The van der Waals surface area contributed by atoms with Gasteiger partial charge in [0.2, 0.25) is 0 Å². The Balaban J connectivity index is 2.00. The number of aromatic nitrogens is 1. The Kier molecular flexibility index (Phi) is 4.96. The molecular weight excluding hydrogens is 279 g/mol. The number of anilines is 2. The number of nitrogens with zero attached hydrogens (tertiary/aromatic N) is 1. The summed E-state index contributed by atoms with van der Waals surface area (Å²) in [5, 5.41) is 3.16. The van der Waals surface area contributed by atoms with E-state index < -0.39 is 11.9 Å². The van der Waals surface area contributed by atoms with Gasteiger partial charge in [-0.05, 0) is 37.7 Å². The third-order valence-corrected chi connectivity index (χ3v) is 4.13. The van der Waals surface area contributed by atoms with Gasteiger partial charge >= 0.3 is 6.18 Å². The molecule has 0 atom stereocenters. The van der Waals surface area contributed by atoms with Gasteiger partial charge in [0.1, 0.15) is 5.69 Å². The van der Waals surface area contributed by atoms with Gasteiger partial charge in [0.25, 0.3) is 0 Å². The smallest absolute Gasteiger partial charge is 0.396 e. The third-order valence-electron chi connectivity index (χ3n) is 4.13. The van der Waals surface area contributed by atoms with Crippen LogP contribution in [0, 0.1) is 5.92 Å². The summed E-state index contributed by atoms with van der Waals surface area (Å²) >= 11 is 0. The molecule has 1 aromatic heterocycles. The number of nitrogen functional groups attached to an aromatic ring is 1. The van der Waals surface area contributed by atoms with Crippen LogP contribution in [-0.2, 0) is 6.18 Å². The molecule has 2 rings (SSSR count). The van der Waals surface area contributed by atoms with E-state index >= 15 is 0 Å². The first-order valence-electron chi connectivity index (χ1n) is 7.49. The maximum Gasteiger partial charge on any atom is 0.433 e. The van der Waals surface area contributed by atoms with Crippen molar-refractivity contribution in [3.05, 3.63) is 18.0 Å².